The van der Waals surface area contributed by atoms with Crippen molar-refractivity contribution in [3.05, 3.63) is 35.4 Å². The quantitative estimate of drug-likeness (QED) is 0.764. The van der Waals surface area contributed by atoms with E-state index in [4.69, 9.17) is 5.73 Å². The van der Waals surface area contributed by atoms with Crippen LogP contribution in [0.25, 0.3) is 0 Å². The van der Waals surface area contributed by atoms with E-state index >= 15 is 0 Å². The highest BCUT2D eigenvalue weighted by molar-refractivity contribution is 5.95. The average Bonchev–Trinajstić information content (AvgIpc) is 3.03. The van der Waals surface area contributed by atoms with Gasteiger partial charge in [-0.1, -0.05) is 0 Å². The number of nitrogens with two attached hydrogens (primary N) is 1. The zero-order valence-electron chi connectivity index (χ0n) is 12.5. The summed E-state index contributed by atoms with van der Waals surface area (Å²) in [4.78, 5) is 12.2. The van der Waals surface area contributed by atoms with E-state index in [1.165, 1.54) is 0 Å². The van der Waals surface area contributed by atoms with E-state index < -0.39 is 0 Å². The van der Waals surface area contributed by atoms with Gasteiger partial charge in [0.15, 0.2) is 0 Å². The molecular formula is C14H22N6O. The van der Waals surface area contributed by atoms with Gasteiger partial charge in [0.1, 0.15) is 0 Å². The summed E-state index contributed by atoms with van der Waals surface area (Å²) in [6.45, 7) is 3.83. The zero-order chi connectivity index (χ0) is 15.2. The van der Waals surface area contributed by atoms with Crippen LogP contribution < -0.4 is 11.1 Å². The number of rotatable bonds is 7. The highest BCUT2D eigenvalue weighted by Crippen LogP contribution is 2.07. The first kappa shape index (κ1) is 15.2. The maximum absolute atomic E-state index is 12.2. The fraction of sp³-hybridized carbons (Fsp3) is 0.500. The van der Waals surface area contributed by atoms with Gasteiger partial charge in [-0.2, -0.15) is 10.2 Å². The van der Waals surface area contributed by atoms with Crippen LogP contribution in [0, 0.1) is 6.92 Å². The van der Waals surface area contributed by atoms with E-state index in [1.54, 1.807) is 12.4 Å². The topological polar surface area (TPSA) is 90.8 Å². The Morgan fingerprint density at radius 2 is 2.24 bits per heavy atom. The number of hydrogen-bond donors (Lipinski definition) is 2. The van der Waals surface area contributed by atoms with Crippen molar-refractivity contribution in [2.75, 3.05) is 13.1 Å². The maximum atomic E-state index is 12.2. The third-order valence-electron chi connectivity index (χ3n) is 3.51. The van der Waals surface area contributed by atoms with Crippen LogP contribution in [-0.2, 0) is 20.0 Å². The minimum atomic E-state index is -0.0892. The molecule has 0 unspecified atom stereocenters. The molecule has 0 spiro atoms. The fourth-order valence-electron chi connectivity index (χ4n) is 2.18. The first-order chi connectivity index (χ1) is 10.1. The third kappa shape index (κ3) is 3.69. The second-order valence-electron chi connectivity index (χ2n) is 4.96. The molecule has 114 valence electrons. The van der Waals surface area contributed by atoms with Crippen LogP contribution in [0.4, 0.5) is 0 Å². The van der Waals surface area contributed by atoms with Gasteiger partial charge in [0, 0.05) is 44.1 Å². The molecule has 0 saturated carbocycles. The molecule has 0 saturated heterocycles. The Morgan fingerprint density at radius 3 is 2.90 bits per heavy atom. The summed E-state index contributed by atoms with van der Waals surface area (Å²) in [6, 6.07) is 1.95. The number of carbonyl (C=O) groups is 1. The van der Waals surface area contributed by atoms with Gasteiger partial charge in [0.25, 0.3) is 5.91 Å². The predicted molar refractivity (Wildman–Crippen MR) is 79.9 cm³/mol. The van der Waals surface area contributed by atoms with Gasteiger partial charge in [-0.15, -0.1) is 0 Å². The lowest BCUT2D eigenvalue weighted by molar-refractivity contribution is 0.0953. The molecule has 7 nitrogen and oxygen atoms in total. The molecule has 0 aliphatic carbocycles. The molecular weight excluding hydrogens is 268 g/mol. The molecule has 2 heterocycles. The van der Waals surface area contributed by atoms with E-state index in [1.807, 2.05) is 29.4 Å². The highest BCUT2D eigenvalue weighted by atomic mass is 16.1. The lowest BCUT2D eigenvalue weighted by atomic mass is 10.2. The minimum Gasteiger partial charge on any atom is -0.352 e. The lowest BCUT2D eigenvalue weighted by Gasteiger charge is -2.06. The Labute approximate surface area is 124 Å². The number of hydrogen-bond acceptors (Lipinski definition) is 4. The largest absolute Gasteiger partial charge is 0.352 e. The summed E-state index contributed by atoms with van der Waals surface area (Å²) in [6.07, 6.45) is 4.97. The standard InChI is InChI=1S/C14H22N6O/c1-11-13(10-18-20(11)9-3-6-15)14(21)16-7-4-12-5-8-17-19(12)2/h5,8,10H,3-4,6-7,9,15H2,1-2H3,(H,16,21). The summed E-state index contributed by atoms with van der Waals surface area (Å²) in [5.74, 6) is -0.0892. The molecule has 0 atom stereocenters. The van der Waals surface area contributed by atoms with Crippen LogP contribution in [0.15, 0.2) is 18.5 Å². The molecule has 2 rings (SSSR count). The van der Waals surface area contributed by atoms with Gasteiger partial charge in [-0.05, 0) is 26.0 Å². The van der Waals surface area contributed by atoms with Crippen molar-refractivity contribution < 1.29 is 4.79 Å². The molecule has 0 aromatic carbocycles. The first-order valence-electron chi connectivity index (χ1n) is 7.11. The van der Waals surface area contributed by atoms with E-state index in [-0.39, 0.29) is 5.91 Å². The number of aryl methyl sites for hydroxylation is 2. The molecule has 7 heteroatoms. The van der Waals surface area contributed by atoms with Crippen molar-refractivity contribution in [1.29, 1.82) is 0 Å². The number of aromatic nitrogens is 4. The lowest BCUT2D eigenvalue weighted by Crippen LogP contribution is -2.26. The van der Waals surface area contributed by atoms with Crippen molar-refractivity contribution in [2.24, 2.45) is 12.8 Å². The minimum absolute atomic E-state index is 0.0892. The fourth-order valence-corrected chi connectivity index (χ4v) is 2.18. The van der Waals surface area contributed by atoms with Gasteiger partial charge in [0.05, 0.1) is 11.8 Å². The Balaban J connectivity index is 1.88. The number of carbonyl (C=O) groups excluding carboxylic acids is 1. The monoisotopic (exact) mass is 290 g/mol. The molecule has 0 radical (unpaired) electrons. The van der Waals surface area contributed by atoms with Crippen molar-refractivity contribution in [2.45, 2.75) is 26.3 Å². The van der Waals surface area contributed by atoms with Crippen LogP contribution in [0.2, 0.25) is 0 Å². The molecule has 0 fully saturated rings. The molecule has 3 N–H and O–H groups in total. The normalized spacial score (nSPS) is 10.8. The summed E-state index contributed by atoms with van der Waals surface area (Å²) < 4.78 is 3.63. The van der Waals surface area contributed by atoms with Crippen molar-refractivity contribution in [3.8, 4) is 0 Å². The predicted octanol–water partition coefficient (Wildman–Crippen LogP) is 0.246. The van der Waals surface area contributed by atoms with Crippen LogP contribution >= 0.6 is 0 Å². The van der Waals surface area contributed by atoms with Gasteiger partial charge in [-0.3, -0.25) is 14.2 Å². The van der Waals surface area contributed by atoms with Crippen LogP contribution in [0.5, 0.6) is 0 Å². The Morgan fingerprint density at radius 1 is 1.43 bits per heavy atom. The molecule has 0 aliphatic rings. The van der Waals surface area contributed by atoms with Crippen molar-refractivity contribution in [1.82, 2.24) is 24.9 Å². The molecule has 21 heavy (non-hydrogen) atoms. The average molecular weight is 290 g/mol. The van der Waals surface area contributed by atoms with Crippen LogP contribution in [0.1, 0.15) is 28.2 Å². The van der Waals surface area contributed by atoms with Gasteiger partial charge >= 0.3 is 0 Å². The first-order valence-corrected chi connectivity index (χ1v) is 7.11. The molecule has 1 amide bonds. The van der Waals surface area contributed by atoms with Gasteiger partial charge in [-0.25, -0.2) is 0 Å². The number of amides is 1. The molecule has 2 aromatic heterocycles. The summed E-state index contributed by atoms with van der Waals surface area (Å²) in [7, 11) is 1.89. The zero-order valence-corrected chi connectivity index (χ0v) is 12.5. The SMILES string of the molecule is Cc1c(C(=O)NCCc2ccnn2C)cnn1CCCN. The Bertz CT molecular complexity index is 600. The Kier molecular flexibility index (Phi) is 5.10. The van der Waals surface area contributed by atoms with Crippen LogP contribution in [0.3, 0.4) is 0 Å². The Hall–Kier alpha value is -2.15. The van der Waals surface area contributed by atoms with Gasteiger partial charge < -0.3 is 11.1 Å². The number of nitrogens with zero attached hydrogens (tertiary/aromatic N) is 4. The van der Waals surface area contributed by atoms with Gasteiger partial charge in [0.2, 0.25) is 0 Å². The van der Waals surface area contributed by atoms with E-state index in [0.717, 1.165) is 30.8 Å². The van der Waals surface area contributed by atoms with Crippen molar-refractivity contribution in [3.63, 3.8) is 0 Å². The highest BCUT2D eigenvalue weighted by Gasteiger charge is 2.13. The summed E-state index contributed by atoms with van der Waals surface area (Å²) >= 11 is 0. The maximum Gasteiger partial charge on any atom is 0.254 e. The molecule has 0 aliphatic heterocycles. The van der Waals surface area contributed by atoms with E-state index in [2.05, 4.69) is 15.5 Å². The second kappa shape index (κ2) is 7.03. The third-order valence-corrected chi connectivity index (χ3v) is 3.51. The summed E-state index contributed by atoms with van der Waals surface area (Å²) in [5.41, 5.74) is 8.08. The van der Waals surface area contributed by atoms with E-state index in [9.17, 15) is 4.79 Å². The smallest absolute Gasteiger partial charge is 0.254 e. The number of nitrogens with one attached hydrogen (secondary N) is 1. The molecule has 2 aromatic rings. The second-order valence-corrected chi connectivity index (χ2v) is 4.96. The molecule has 0 bridgehead atoms. The van der Waals surface area contributed by atoms with E-state index in [0.29, 0.717) is 18.7 Å². The van der Waals surface area contributed by atoms with Crippen molar-refractivity contribution >= 4 is 5.91 Å². The van der Waals surface area contributed by atoms with Crippen LogP contribution in [-0.4, -0.2) is 38.6 Å². The summed E-state index contributed by atoms with van der Waals surface area (Å²) in [5, 5.41) is 11.2.